The van der Waals surface area contributed by atoms with E-state index < -0.39 is 5.97 Å². The molecule has 5 heteroatoms. The maximum Gasteiger partial charge on any atom is 0.331 e. The summed E-state index contributed by atoms with van der Waals surface area (Å²) in [5.74, 6) is 0.110. The van der Waals surface area contributed by atoms with Crippen LogP contribution in [0.4, 0.5) is 0 Å². The quantitative estimate of drug-likeness (QED) is 0.620. The largest absolute Gasteiger partial charge is 0.496 e. The molecule has 0 saturated heterocycles. The summed E-state index contributed by atoms with van der Waals surface area (Å²) in [5, 5.41) is 2.77. The zero-order valence-corrected chi connectivity index (χ0v) is 13.5. The molecule has 0 aliphatic rings. The van der Waals surface area contributed by atoms with E-state index in [9.17, 15) is 9.59 Å². The van der Waals surface area contributed by atoms with Gasteiger partial charge >= 0.3 is 5.97 Å². The third kappa shape index (κ3) is 5.99. The average molecular weight is 305 g/mol. The maximum absolute atomic E-state index is 11.6. The van der Waals surface area contributed by atoms with Crippen molar-refractivity contribution in [2.75, 3.05) is 13.7 Å². The smallest absolute Gasteiger partial charge is 0.331 e. The molecule has 0 aliphatic carbocycles. The minimum Gasteiger partial charge on any atom is -0.496 e. The molecule has 1 N–H and O–H groups in total. The standard InChI is InChI=1S/C17H23NO4/c1-12(2)13(3)18-16(19)11-22-17(20)10-9-14-7-5-6-8-15(14)21-4/h5-10,12-13H,11H2,1-4H3,(H,18,19)/b10-9+. The lowest BCUT2D eigenvalue weighted by Gasteiger charge is -2.16. The van der Waals surface area contributed by atoms with Gasteiger partial charge in [-0.2, -0.15) is 0 Å². The lowest BCUT2D eigenvalue weighted by molar-refractivity contribution is -0.144. The number of amides is 1. The Balaban J connectivity index is 2.46. The second kappa shape index (κ2) is 8.87. The SMILES string of the molecule is COc1ccccc1/C=C/C(=O)OCC(=O)NC(C)C(C)C. The fourth-order valence-electron chi connectivity index (χ4n) is 1.61. The highest BCUT2D eigenvalue weighted by Gasteiger charge is 2.11. The minimum absolute atomic E-state index is 0.0373. The van der Waals surface area contributed by atoms with Crippen LogP contribution in [0, 0.1) is 5.92 Å². The van der Waals surface area contributed by atoms with Crippen molar-refractivity contribution in [3.8, 4) is 5.75 Å². The van der Waals surface area contributed by atoms with Gasteiger partial charge in [0.2, 0.25) is 0 Å². The highest BCUT2D eigenvalue weighted by molar-refractivity contribution is 5.89. The Morgan fingerprint density at radius 2 is 1.91 bits per heavy atom. The second-order valence-corrected chi connectivity index (χ2v) is 5.28. The van der Waals surface area contributed by atoms with Crippen LogP contribution in [0.3, 0.4) is 0 Å². The topological polar surface area (TPSA) is 64.6 Å². The van der Waals surface area contributed by atoms with Gasteiger partial charge in [-0.1, -0.05) is 32.0 Å². The van der Waals surface area contributed by atoms with E-state index in [1.54, 1.807) is 19.3 Å². The van der Waals surface area contributed by atoms with E-state index in [4.69, 9.17) is 9.47 Å². The van der Waals surface area contributed by atoms with Crippen molar-refractivity contribution in [3.05, 3.63) is 35.9 Å². The van der Waals surface area contributed by atoms with Gasteiger partial charge in [-0.15, -0.1) is 0 Å². The highest BCUT2D eigenvalue weighted by Crippen LogP contribution is 2.18. The monoisotopic (exact) mass is 305 g/mol. The summed E-state index contributed by atoms with van der Waals surface area (Å²) in [6.07, 6.45) is 2.87. The van der Waals surface area contributed by atoms with Crippen molar-refractivity contribution in [3.63, 3.8) is 0 Å². The predicted molar refractivity (Wildman–Crippen MR) is 85.4 cm³/mol. The summed E-state index contributed by atoms with van der Waals surface area (Å²) in [7, 11) is 1.56. The molecule has 1 rings (SSSR count). The van der Waals surface area contributed by atoms with Crippen molar-refractivity contribution < 1.29 is 19.1 Å². The number of carbonyl (C=O) groups excluding carboxylic acids is 2. The average Bonchev–Trinajstić information content (AvgIpc) is 2.50. The molecule has 0 fully saturated rings. The van der Waals surface area contributed by atoms with Crippen molar-refractivity contribution in [2.45, 2.75) is 26.8 Å². The molecular weight excluding hydrogens is 282 g/mol. The van der Waals surface area contributed by atoms with E-state index in [1.165, 1.54) is 6.08 Å². The molecule has 1 atom stereocenters. The van der Waals surface area contributed by atoms with Gasteiger partial charge in [-0.25, -0.2) is 4.79 Å². The highest BCUT2D eigenvalue weighted by atomic mass is 16.5. The number of benzene rings is 1. The molecule has 0 aliphatic heterocycles. The first kappa shape index (κ1) is 17.8. The first-order chi connectivity index (χ1) is 10.4. The molecule has 1 amide bonds. The molecule has 1 aromatic carbocycles. The molecule has 22 heavy (non-hydrogen) atoms. The molecule has 5 nitrogen and oxygen atoms in total. The minimum atomic E-state index is -0.571. The van der Waals surface area contributed by atoms with Crippen LogP contribution in [0.2, 0.25) is 0 Å². The second-order valence-electron chi connectivity index (χ2n) is 5.28. The Bertz CT molecular complexity index is 537. The molecule has 0 heterocycles. The van der Waals surface area contributed by atoms with Gasteiger partial charge in [0.1, 0.15) is 5.75 Å². The number of methoxy groups -OCH3 is 1. The third-order valence-electron chi connectivity index (χ3n) is 3.27. The van der Waals surface area contributed by atoms with Crippen molar-refractivity contribution in [2.24, 2.45) is 5.92 Å². The summed E-state index contributed by atoms with van der Waals surface area (Å²) in [4.78, 5) is 23.2. The van der Waals surface area contributed by atoms with Crippen LogP contribution in [0.25, 0.3) is 6.08 Å². The van der Waals surface area contributed by atoms with Gasteiger partial charge in [-0.05, 0) is 25.0 Å². The predicted octanol–water partition coefficient (Wildman–Crippen LogP) is 2.41. The number of ether oxygens (including phenoxy) is 2. The summed E-state index contributed by atoms with van der Waals surface area (Å²) in [6, 6.07) is 7.34. The molecule has 0 aromatic heterocycles. The lowest BCUT2D eigenvalue weighted by Crippen LogP contribution is -2.38. The van der Waals surface area contributed by atoms with Crippen LogP contribution in [-0.2, 0) is 14.3 Å². The van der Waals surface area contributed by atoms with Crippen molar-refractivity contribution in [1.29, 1.82) is 0 Å². The molecular formula is C17H23NO4. The van der Waals surface area contributed by atoms with E-state index in [0.717, 1.165) is 5.56 Å². The summed E-state index contributed by atoms with van der Waals surface area (Å²) >= 11 is 0. The number of esters is 1. The normalized spacial score (nSPS) is 12.2. The van der Waals surface area contributed by atoms with Gasteiger partial charge in [0.25, 0.3) is 5.91 Å². The van der Waals surface area contributed by atoms with Crippen LogP contribution in [0.1, 0.15) is 26.3 Å². The summed E-state index contributed by atoms with van der Waals surface area (Å²) in [5.41, 5.74) is 0.764. The summed E-state index contributed by atoms with van der Waals surface area (Å²) < 4.78 is 10.1. The number of nitrogens with one attached hydrogen (secondary N) is 1. The molecule has 0 bridgehead atoms. The van der Waals surface area contributed by atoms with Crippen LogP contribution in [0.5, 0.6) is 5.75 Å². The maximum atomic E-state index is 11.6. The number of carbonyl (C=O) groups is 2. The van der Waals surface area contributed by atoms with E-state index in [1.807, 2.05) is 39.0 Å². The Morgan fingerprint density at radius 1 is 1.23 bits per heavy atom. The zero-order valence-electron chi connectivity index (χ0n) is 13.5. The van der Waals surface area contributed by atoms with Gasteiger partial charge in [0.05, 0.1) is 7.11 Å². The van der Waals surface area contributed by atoms with Crippen molar-refractivity contribution in [1.82, 2.24) is 5.32 Å². The fraction of sp³-hybridized carbons (Fsp3) is 0.412. The van der Waals surface area contributed by atoms with Gasteiger partial charge in [-0.3, -0.25) is 4.79 Å². The molecule has 1 unspecified atom stereocenters. The van der Waals surface area contributed by atoms with E-state index >= 15 is 0 Å². The van der Waals surface area contributed by atoms with Gasteiger partial charge in [0, 0.05) is 17.7 Å². The number of rotatable bonds is 7. The first-order valence-corrected chi connectivity index (χ1v) is 7.21. The van der Waals surface area contributed by atoms with Crippen LogP contribution in [0.15, 0.2) is 30.3 Å². The molecule has 0 spiro atoms. The Kier molecular flexibility index (Phi) is 7.16. The lowest BCUT2D eigenvalue weighted by atomic mass is 10.1. The van der Waals surface area contributed by atoms with Gasteiger partial charge in [0.15, 0.2) is 6.61 Å². The number of hydrogen-bond donors (Lipinski definition) is 1. The van der Waals surface area contributed by atoms with Crippen LogP contribution >= 0.6 is 0 Å². The van der Waals surface area contributed by atoms with Crippen LogP contribution in [-0.4, -0.2) is 31.6 Å². The van der Waals surface area contributed by atoms with E-state index in [2.05, 4.69) is 5.32 Å². The Hall–Kier alpha value is -2.30. The third-order valence-corrected chi connectivity index (χ3v) is 3.27. The van der Waals surface area contributed by atoms with E-state index in [-0.39, 0.29) is 18.6 Å². The zero-order chi connectivity index (χ0) is 16.5. The Labute approximate surface area is 131 Å². The van der Waals surface area contributed by atoms with E-state index in [0.29, 0.717) is 11.7 Å². The molecule has 120 valence electrons. The number of hydrogen-bond acceptors (Lipinski definition) is 4. The van der Waals surface area contributed by atoms with Crippen molar-refractivity contribution >= 4 is 18.0 Å². The van der Waals surface area contributed by atoms with Crippen LogP contribution < -0.4 is 10.1 Å². The molecule has 0 saturated carbocycles. The molecule has 1 aromatic rings. The number of para-hydroxylation sites is 1. The molecule has 0 radical (unpaired) electrons. The van der Waals surface area contributed by atoms with Gasteiger partial charge < -0.3 is 14.8 Å². The summed E-state index contributed by atoms with van der Waals surface area (Å²) in [6.45, 7) is 5.64. The first-order valence-electron chi connectivity index (χ1n) is 7.21. The fourth-order valence-corrected chi connectivity index (χ4v) is 1.61. The Morgan fingerprint density at radius 3 is 2.55 bits per heavy atom.